The predicted molar refractivity (Wildman–Crippen MR) is 115 cm³/mol. The predicted octanol–water partition coefficient (Wildman–Crippen LogP) is 2.33. The van der Waals surface area contributed by atoms with Crippen LogP contribution in [-0.4, -0.2) is 51.3 Å². The molecule has 0 atom stereocenters. The fourth-order valence-corrected chi connectivity index (χ4v) is 4.63. The molecule has 1 aromatic heterocycles. The first kappa shape index (κ1) is 23.6. The lowest BCUT2D eigenvalue weighted by molar-refractivity contribution is 0.0827. The first-order valence-electron chi connectivity index (χ1n) is 10.4. The molecule has 2 N–H and O–H groups in total. The zero-order valence-electron chi connectivity index (χ0n) is 18.0. The maximum atomic E-state index is 12.6. The van der Waals surface area contributed by atoms with Gasteiger partial charge in [0.2, 0.25) is 5.09 Å². The summed E-state index contributed by atoms with van der Waals surface area (Å²) < 4.78 is 42.7. The number of carbonyl (C=O) groups excluding carboxylic acids is 2. The largest absolute Gasteiger partial charge is 0.493 e. The number of benzene rings is 1. The molecule has 32 heavy (non-hydrogen) atoms. The summed E-state index contributed by atoms with van der Waals surface area (Å²) in [7, 11) is -2.33. The zero-order valence-corrected chi connectivity index (χ0v) is 18.9. The van der Waals surface area contributed by atoms with Gasteiger partial charge in [-0.25, -0.2) is 8.42 Å². The van der Waals surface area contributed by atoms with Gasteiger partial charge in [-0.3, -0.25) is 20.4 Å². The third-order valence-corrected chi connectivity index (χ3v) is 6.66. The van der Waals surface area contributed by atoms with Gasteiger partial charge in [0.05, 0.1) is 13.7 Å². The number of carbonyl (C=O) groups is 2. The molecule has 2 aromatic rings. The molecule has 1 fully saturated rings. The summed E-state index contributed by atoms with van der Waals surface area (Å²) >= 11 is 0. The Kier molecular flexibility index (Phi) is 7.75. The van der Waals surface area contributed by atoms with Crippen LogP contribution in [0.15, 0.2) is 39.8 Å². The van der Waals surface area contributed by atoms with E-state index in [1.165, 1.54) is 35.7 Å². The molecule has 0 saturated carbocycles. The number of nitrogens with one attached hydrogen (secondary N) is 2. The van der Waals surface area contributed by atoms with Crippen molar-refractivity contribution in [3.05, 3.63) is 41.7 Å². The molecule has 1 aromatic carbocycles. The third-order valence-electron chi connectivity index (χ3n) is 4.89. The van der Waals surface area contributed by atoms with E-state index >= 15 is 0 Å². The first-order valence-corrected chi connectivity index (χ1v) is 11.8. The summed E-state index contributed by atoms with van der Waals surface area (Å²) in [6, 6.07) is 7.12. The van der Waals surface area contributed by atoms with Gasteiger partial charge in [-0.15, -0.1) is 0 Å². The molecule has 0 unspecified atom stereocenters. The molecule has 0 bridgehead atoms. The van der Waals surface area contributed by atoms with Gasteiger partial charge in [-0.1, -0.05) is 13.3 Å². The van der Waals surface area contributed by atoms with Gasteiger partial charge in [0.25, 0.3) is 15.9 Å². The van der Waals surface area contributed by atoms with Crippen molar-refractivity contribution in [2.75, 3.05) is 26.8 Å². The normalized spacial score (nSPS) is 14.6. The number of ether oxygens (including phenoxy) is 2. The Morgan fingerprint density at radius 3 is 2.44 bits per heavy atom. The molecule has 0 aliphatic carbocycles. The van der Waals surface area contributed by atoms with Crippen LogP contribution in [0.3, 0.4) is 0 Å². The number of amides is 2. The van der Waals surface area contributed by atoms with Crippen LogP contribution in [0.1, 0.15) is 53.5 Å². The van der Waals surface area contributed by atoms with Gasteiger partial charge in [0.15, 0.2) is 17.3 Å². The molecule has 3 rings (SSSR count). The van der Waals surface area contributed by atoms with Gasteiger partial charge in [-0.05, 0) is 49.6 Å². The van der Waals surface area contributed by atoms with Crippen molar-refractivity contribution in [1.82, 2.24) is 15.2 Å². The molecular weight excluding hydrogens is 438 g/mol. The Morgan fingerprint density at radius 1 is 1.03 bits per heavy atom. The summed E-state index contributed by atoms with van der Waals surface area (Å²) in [5.41, 5.74) is 4.72. The van der Waals surface area contributed by atoms with Crippen LogP contribution >= 0.6 is 0 Å². The number of hydrogen-bond donors (Lipinski definition) is 2. The topological polar surface area (TPSA) is 127 Å². The van der Waals surface area contributed by atoms with E-state index in [0.29, 0.717) is 31.2 Å². The summed E-state index contributed by atoms with van der Waals surface area (Å²) in [5.74, 6) is -0.717. The number of rotatable bonds is 8. The highest BCUT2D eigenvalue weighted by atomic mass is 32.2. The number of nitrogens with zero attached hydrogens (tertiary/aromatic N) is 1. The van der Waals surface area contributed by atoms with Crippen LogP contribution in [0, 0.1) is 0 Å². The molecule has 0 spiro atoms. The van der Waals surface area contributed by atoms with Gasteiger partial charge in [0, 0.05) is 18.7 Å². The molecule has 174 valence electrons. The lowest BCUT2D eigenvalue weighted by atomic mass is 10.2. The van der Waals surface area contributed by atoms with Crippen LogP contribution in [0.4, 0.5) is 0 Å². The molecule has 1 saturated heterocycles. The highest BCUT2D eigenvalue weighted by molar-refractivity contribution is 7.89. The van der Waals surface area contributed by atoms with Gasteiger partial charge >= 0.3 is 5.91 Å². The Hall–Kier alpha value is -3.05. The van der Waals surface area contributed by atoms with Crippen LogP contribution in [0.5, 0.6) is 11.5 Å². The molecular formula is C21H27N3O7S. The minimum Gasteiger partial charge on any atom is -0.493 e. The second kappa shape index (κ2) is 10.5. The smallest absolute Gasteiger partial charge is 0.305 e. The van der Waals surface area contributed by atoms with Crippen LogP contribution in [0.25, 0.3) is 0 Å². The number of sulfonamides is 1. The van der Waals surface area contributed by atoms with Crippen molar-refractivity contribution >= 4 is 21.8 Å². The van der Waals surface area contributed by atoms with E-state index < -0.39 is 21.8 Å². The molecule has 1 aliphatic rings. The van der Waals surface area contributed by atoms with E-state index in [4.69, 9.17) is 13.9 Å². The average Bonchev–Trinajstić information content (AvgIpc) is 3.33. The van der Waals surface area contributed by atoms with Crippen molar-refractivity contribution in [2.24, 2.45) is 0 Å². The summed E-state index contributed by atoms with van der Waals surface area (Å²) in [5, 5.41) is -0.303. The summed E-state index contributed by atoms with van der Waals surface area (Å²) in [6.07, 6.45) is 3.38. The Labute approximate surface area is 186 Å². The highest BCUT2D eigenvalue weighted by Crippen LogP contribution is 2.28. The lowest BCUT2D eigenvalue weighted by Gasteiger charge is -2.24. The van der Waals surface area contributed by atoms with E-state index in [1.807, 2.05) is 6.92 Å². The number of methoxy groups -OCH3 is 1. The highest BCUT2D eigenvalue weighted by Gasteiger charge is 2.29. The van der Waals surface area contributed by atoms with Crippen molar-refractivity contribution in [3.63, 3.8) is 0 Å². The quantitative estimate of drug-likeness (QED) is 0.573. The second-order valence-electron chi connectivity index (χ2n) is 7.21. The summed E-state index contributed by atoms with van der Waals surface area (Å²) in [4.78, 5) is 24.7. The van der Waals surface area contributed by atoms with E-state index in [0.717, 1.165) is 25.7 Å². The number of hydrazine groups is 1. The molecule has 1 aliphatic heterocycles. The van der Waals surface area contributed by atoms with Crippen LogP contribution < -0.4 is 20.3 Å². The minimum atomic E-state index is -3.79. The SMILES string of the molecule is CCCOc1ccc(C(=O)NNC(=O)c2ccc(S(=O)(=O)N3CCCCC3)o2)cc1OC. The van der Waals surface area contributed by atoms with E-state index in [2.05, 4.69) is 10.9 Å². The van der Waals surface area contributed by atoms with E-state index in [1.54, 1.807) is 6.07 Å². The Balaban J connectivity index is 1.62. The monoisotopic (exact) mass is 465 g/mol. The maximum Gasteiger partial charge on any atom is 0.305 e. The molecule has 11 heteroatoms. The van der Waals surface area contributed by atoms with Gasteiger partial charge in [0.1, 0.15) is 0 Å². The minimum absolute atomic E-state index is 0.234. The van der Waals surface area contributed by atoms with E-state index in [-0.39, 0.29) is 16.4 Å². The maximum absolute atomic E-state index is 12.6. The molecule has 0 radical (unpaired) electrons. The fraction of sp³-hybridized carbons (Fsp3) is 0.429. The molecule has 2 heterocycles. The van der Waals surface area contributed by atoms with Crippen molar-refractivity contribution in [3.8, 4) is 11.5 Å². The lowest BCUT2D eigenvalue weighted by Crippen LogP contribution is -2.41. The first-order chi connectivity index (χ1) is 15.4. The van der Waals surface area contributed by atoms with Crippen LogP contribution in [-0.2, 0) is 10.0 Å². The fourth-order valence-electron chi connectivity index (χ4n) is 3.20. The standard InChI is InChI=1S/C21H27N3O7S/c1-3-13-30-16-8-7-15(14-18(16)29-2)20(25)22-23-21(26)17-9-10-19(31-17)32(27,28)24-11-5-4-6-12-24/h7-10,14H,3-6,11-13H2,1-2H3,(H,22,25)(H,23,26). The zero-order chi connectivity index (χ0) is 23.1. The average molecular weight is 466 g/mol. The molecule has 10 nitrogen and oxygen atoms in total. The molecule has 2 amide bonds. The number of piperidine rings is 1. The number of hydrogen-bond acceptors (Lipinski definition) is 7. The second-order valence-corrected chi connectivity index (χ2v) is 9.07. The Bertz CT molecular complexity index is 1060. The third kappa shape index (κ3) is 5.40. The van der Waals surface area contributed by atoms with Crippen LogP contribution in [0.2, 0.25) is 0 Å². The summed E-state index contributed by atoms with van der Waals surface area (Å²) in [6.45, 7) is 3.33. The number of furan rings is 1. The van der Waals surface area contributed by atoms with Crippen molar-refractivity contribution in [2.45, 2.75) is 37.7 Å². The van der Waals surface area contributed by atoms with Crippen molar-refractivity contribution < 1.29 is 31.9 Å². The van der Waals surface area contributed by atoms with Crippen molar-refractivity contribution in [1.29, 1.82) is 0 Å². The van der Waals surface area contributed by atoms with Gasteiger partial charge < -0.3 is 13.9 Å². The van der Waals surface area contributed by atoms with E-state index in [9.17, 15) is 18.0 Å². The van der Waals surface area contributed by atoms with Gasteiger partial charge in [-0.2, -0.15) is 4.31 Å². The Morgan fingerprint density at radius 2 is 1.75 bits per heavy atom.